The van der Waals surface area contributed by atoms with Gasteiger partial charge in [-0.1, -0.05) is 18.2 Å². The van der Waals surface area contributed by atoms with Gasteiger partial charge in [0.2, 0.25) is 0 Å². The van der Waals surface area contributed by atoms with Gasteiger partial charge in [-0.25, -0.2) is 24.9 Å². The van der Waals surface area contributed by atoms with Crippen molar-refractivity contribution in [2.24, 2.45) is 0 Å². The molecule has 0 spiro atoms. The minimum Gasteiger partial charge on any atom is -0.379 e. The first-order valence-electron chi connectivity index (χ1n) is 11.7. The summed E-state index contributed by atoms with van der Waals surface area (Å²) in [5.74, 6) is 1.99. The molecule has 0 radical (unpaired) electrons. The topological polar surface area (TPSA) is 138 Å². The Hall–Kier alpha value is -4.28. The normalized spacial score (nSPS) is 17.1. The van der Waals surface area contributed by atoms with Crippen LogP contribution in [0.4, 0.5) is 17.3 Å². The molecule has 1 aromatic carbocycles. The van der Waals surface area contributed by atoms with Crippen molar-refractivity contribution in [2.75, 3.05) is 23.7 Å². The fourth-order valence-corrected chi connectivity index (χ4v) is 3.91. The molecule has 1 amide bonds. The standard InChI is InChI=1S/C26H26N8O2/c1-17-3-2-4-20(30-17)24-29-13-10-22(34-24)32-21-9-12-28-23(33-21)15-18-5-7-19(8-6-18)31-25(35)26(36)11-14-27-16-26/h2-10,12-13,27,36H,11,14-16H2,1H3,(H,31,35)(H,28,29,32,33,34). The number of amides is 1. The van der Waals surface area contributed by atoms with E-state index in [1.807, 2.05) is 49.4 Å². The van der Waals surface area contributed by atoms with E-state index in [4.69, 9.17) is 0 Å². The number of hydrogen-bond donors (Lipinski definition) is 4. The molecular formula is C26H26N8O2. The summed E-state index contributed by atoms with van der Waals surface area (Å²) in [4.78, 5) is 34.7. The second kappa shape index (κ2) is 10.1. The van der Waals surface area contributed by atoms with Gasteiger partial charge in [-0.2, -0.15) is 0 Å². The van der Waals surface area contributed by atoms with Gasteiger partial charge in [-0.3, -0.25) is 4.79 Å². The highest BCUT2D eigenvalue weighted by molar-refractivity contribution is 5.97. The Balaban J connectivity index is 1.24. The van der Waals surface area contributed by atoms with Crippen LogP contribution in [0.15, 0.2) is 67.0 Å². The van der Waals surface area contributed by atoms with Gasteiger partial charge in [0.15, 0.2) is 11.4 Å². The molecule has 4 N–H and O–H groups in total. The predicted molar refractivity (Wildman–Crippen MR) is 136 cm³/mol. The Labute approximate surface area is 208 Å². The van der Waals surface area contributed by atoms with Crippen LogP contribution in [0, 0.1) is 6.92 Å². The Morgan fingerprint density at radius 2 is 1.78 bits per heavy atom. The molecule has 10 heteroatoms. The second-order valence-corrected chi connectivity index (χ2v) is 8.70. The molecule has 4 heterocycles. The van der Waals surface area contributed by atoms with Gasteiger partial charge in [0.1, 0.15) is 23.2 Å². The number of pyridine rings is 1. The quantitative estimate of drug-likeness (QED) is 0.313. The fourth-order valence-electron chi connectivity index (χ4n) is 3.91. The summed E-state index contributed by atoms with van der Waals surface area (Å²) in [6.45, 7) is 2.81. The van der Waals surface area contributed by atoms with Gasteiger partial charge in [0, 0.05) is 36.7 Å². The van der Waals surface area contributed by atoms with Crippen LogP contribution in [-0.2, 0) is 11.2 Å². The maximum absolute atomic E-state index is 12.4. The molecule has 1 unspecified atom stereocenters. The Morgan fingerprint density at radius 1 is 1.00 bits per heavy atom. The Kier molecular flexibility index (Phi) is 6.61. The van der Waals surface area contributed by atoms with Crippen LogP contribution >= 0.6 is 0 Å². The molecule has 0 saturated carbocycles. The molecule has 4 aromatic rings. The van der Waals surface area contributed by atoms with E-state index in [9.17, 15) is 9.90 Å². The maximum Gasteiger partial charge on any atom is 0.257 e. The molecule has 0 bridgehead atoms. The van der Waals surface area contributed by atoms with Gasteiger partial charge >= 0.3 is 0 Å². The van der Waals surface area contributed by atoms with Gasteiger partial charge in [0.05, 0.1) is 0 Å². The zero-order valence-corrected chi connectivity index (χ0v) is 19.8. The molecule has 3 aromatic heterocycles. The first-order valence-corrected chi connectivity index (χ1v) is 11.7. The predicted octanol–water partition coefficient (Wildman–Crippen LogP) is 2.63. The van der Waals surface area contributed by atoms with Crippen molar-refractivity contribution in [2.45, 2.75) is 25.4 Å². The van der Waals surface area contributed by atoms with E-state index in [2.05, 4.69) is 40.9 Å². The van der Waals surface area contributed by atoms with Crippen LogP contribution in [0.2, 0.25) is 0 Å². The summed E-state index contributed by atoms with van der Waals surface area (Å²) in [5, 5.41) is 19.4. The number of aromatic nitrogens is 5. The third-order valence-corrected chi connectivity index (χ3v) is 5.86. The van der Waals surface area contributed by atoms with Gasteiger partial charge in [-0.15, -0.1) is 0 Å². The van der Waals surface area contributed by atoms with Crippen LogP contribution in [0.5, 0.6) is 0 Å². The highest BCUT2D eigenvalue weighted by Gasteiger charge is 2.38. The van der Waals surface area contributed by atoms with E-state index in [1.54, 1.807) is 24.5 Å². The van der Waals surface area contributed by atoms with E-state index in [0.29, 0.717) is 54.1 Å². The summed E-state index contributed by atoms with van der Waals surface area (Å²) < 4.78 is 0. The van der Waals surface area contributed by atoms with E-state index < -0.39 is 11.5 Å². The zero-order chi connectivity index (χ0) is 25.0. The first-order chi connectivity index (χ1) is 17.5. The van der Waals surface area contributed by atoms with E-state index >= 15 is 0 Å². The van der Waals surface area contributed by atoms with Crippen LogP contribution in [0.1, 0.15) is 23.5 Å². The van der Waals surface area contributed by atoms with Gasteiger partial charge in [0.25, 0.3) is 5.91 Å². The number of nitrogens with zero attached hydrogens (tertiary/aromatic N) is 5. The van der Waals surface area contributed by atoms with E-state index in [0.717, 1.165) is 11.3 Å². The highest BCUT2D eigenvalue weighted by Crippen LogP contribution is 2.20. The smallest absolute Gasteiger partial charge is 0.257 e. The number of aliphatic hydroxyl groups is 1. The number of benzene rings is 1. The summed E-state index contributed by atoms with van der Waals surface area (Å²) in [5.41, 5.74) is 1.86. The Morgan fingerprint density at radius 3 is 2.53 bits per heavy atom. The number of β-amino-alcohol motifs (C(OH)–C–C–N with tert-alkyl or cyclic N) is 1. The minimum atomic E-state index is -1.36. The molecule has 1 saturated heterocycles. The molecule has 5 rings (SSSR count). The number of rotatable bonds is 7. The summed E-state index contributed by atoms with van der Waals surface area (Å²) in [6.07, 6.45) is 4.29. The van der Waals surface area contributed by atoms with Crippen LogP contribution in [0.25, 0.3) is 11.5 Å². The van der Waals surface area contributed by atoms with Crippen molar-refractivity contribution < 1.29 is 9.90 Å². The lowest BCUT2D eigenvalue weighted by Gasteiger charge is -2.20. The van der Waals surface area contributed by atoms with Crippen molar-refractivity contribution >= 4 is 23.2 Å². The summed E-state index contributed by atoms with van der Waals surface area (Å²) in [7, 11) is 0. The maximum atomic E-state index is 12.4. The van der Waals surface area contributed by atoms with E-state index in [1.165, 1.54) is 0 Å². The minimum absolute atomic E-state index is 0.262. The largest absolute Gasteiger partial charge is 0.379 e. The third kappa shape index (κ3) is 5.51. The molecule has 36 heavy (non-hydrogen) atoms. The lowest BCUT2D eigenvalue weighted by atomic mass is 10.0. The van der Waals surface area contributed by atoms with Crippen molar-refractivity contribution in [1.82, 2.24) is 30.2 Å². The molecule has 1 atom stereocenters. The first kappa shape index (κ1) is 23.5. The summed E-state index contributed by atoms with van der Waals surface area (Å²) in [6, 6.07) is 16.7. The van der Waals surface area contributed by atoms with Crippen molar-refractivity contribution in [1.29, 1.82) is 0 Å². The SMILES string of the molecule is Cc1cccc(-c2nccc(Nc3ccnc(Cc4ccc(NC(=O)C5(O)CCNC5)cc4)n3)n2)n1. The van der Waals surface area contributed by atoms with Gasteiger partial charge in [-0.05, 0) is 61.9 Å². The summed E-state index contributed by atoms with van der Waals surface area (Å²) >= 11 is 0. The number of hydrogen-bond acceptors (Lipinski definition) is 9. The highest BCUT2D eigenvalue weighted by atomic mass is 16.3. The molecular weight excluding hydrogens is 456 g/mol. The average molecular weight is 483 g/mol. The monoisotopic (exact) mass is 482 g/mol. The molecule has 1 aliphatic heterocycles. The fraction of sp³-hybridized carbons (Fsp3) is 0.231. The number of aryl methyl sites for hydroxylation is 1. The van der Waals surface area contributed by atoms with E-state index in [-0.39, 0.29) is 6.54 Å². The molecule has 10 nitrogen and oxygen atoms in total. The Bertz CT molecular complexity index is 1370. The molecule has 1 fully saturated rings. The van der Waals surface area contributed by atoms with Crippen LogP contribution in [-0.4, -0.2) is 54.6 Å². The van der Waals surface area contributed by atoms with Crippen molar-refractivity contribution in [3.8, 4) is 11.5 Å². The lowest BCUT2D eigenvalue weighted by molar-refractivity contribution is -0.132. The number of carbonyl (C=O) groups is 1. The van der Waals surface area contributed by atoms with Crippen molar-refractivity contribution in [3.63, 3.8) is 0 Å². The number of anilines is 3. The molecule has 182 valence electrons. The zero-order valence-electron chi connectivity index (χ0n) is 19.8. The number of carbonyl (C=O) groups excluding carboxylic acids is 1. The van der Waals surface area contributed by atoms with Crippen molar-refractivity contribution in [3.05, 3.63) is 84.1 Å². The second-order valence-electron chi connectivity index (χ2n) is 8.70. The molecule has 0 aliphatic carbocycles. The van der Waals surface area contributed by atoms with Crippen LogP contribution < -0.4 is 16.0 Å². The molecule has 1 aliphatic rings. The van der Waals surface area contributed by atoms with Gasteiger partial charge < -0.3 is 21.1 Å². The average Bonchev–Trinajstić information content (AvgIpc) is 3.33. The van der Waals surface area contributed by atoms with Crippen LogP contribution in [0.3, 0.4) is 0 Å². The third-order valence-electron chi connectivity index (χ3n) is 5.86. The number of nitrogens with one attached hydrogen (secondary N) is 3. The lowest BCUT2D eigenvalue weighted by Crippen LogP contribution is -2.44.